The van der Waals surface area contributed by atoms with E-state index in [0.29, 0.717) is 0 Å². The Hall–Kier alpha value is -0.120. The van der Waals surface area contributed by atoms with Crippen LogP contribution in [0, 0.1) is 16.7 Å². The predicted molar refractivity (Wildman–Crippen MR) is 40.5 cm³/mol. The normalized spacial score (nSPS) is 9.25. The lowest BCUT2D eigenvalue weighted by Crippen LogP contribution is -1.78. The minimum atomic E-state index is 1.02. The summed E-state index contributed by atoms with van der Waals surface area (Å²) < 4.78 is 1.19. The van der Waals surface area contributed by atoms with Crippen LogP contribution in [0.5, 0.6) is 0 Å². The Morgan fingerprint density at radius 1 is 1.75 bits per heavy atom. The van der Waals surface area contributed by atoms with E-state index in [9.17, 15) is 0 Å². The van der Waals surface area contributed by atoms with Crippen LogP contribution < -0.4 is 0 Å². The minimum absolute atomic E-state index is 1.02. The van der Waals surface area contributed by atoms with E-state index in [1.807, 2.05) is 19.1 Å². The van der Waals surface area contributed by atoms with Crippen molar-refractivity contribution in [2.75, 3.05) is 0 Å². The van der Waals surface area contributed by atoms with E-state index in [-0.39, 0.29) is 0 Å². The number of hydrogen-bond acceptors (Lipinski definition) is 1. The van der Waals surface area contributed by atoms with Gasteiger partial charge in [-0.1, -0.05) is 0 Å². The topological polar surface area (TPSA) is 12.9 Å². The highest BCUT2D eigenvalue weighted by Crippen LogP contribution is 2.01. The summed E-state index contributed by atoms with van der Waals surface area (Å²) in [7, 11) is 0. The number of aromatic nitrogens is 1. The zero-order valence-corrected chi connectivity index (χ0v) is 6.64. The van der Waals surface area contributed by atoms with Crippen molar-refractivity contribution in [3.05, 3.63) is 27.6 Å². The highest BCUT2D eigenvalue weighted by atomic mass is 127. The average Bonchev–Trinajstić information content (AvgIpc) is 1.64. The zero-order valence-electron chi connectivity index (χ0n) is 4.48. The molecule has 0 N–H and O–H groups in total. The summed E-state index contributed by atoms with van der Waals surface area (Å²) in [6.45, 7) is 1.96. The molecule has 0 aliphatic carbocycles. The molecule has 0 amide bonds. The second-order valence-corrected chi connectivity index (χ2v) is 2.80. The van der Waals surface area contributed by atoms with Gasteiger partial charge in [0.2, 0.25) is 0 Å². The second kappa shape index (κ2) is 2.44. The molecular weight excluding hydrogens is 213 g/mol. The Morgan fingerprint density at radius 3 is 2.88 bits per heavy atom. The largest absolute Gasteiger partial charge is 0.251 e. The summed E-state index contributed by atoms with van der Waals surface area (Å²) in [5, 5.41) is 0. The van der Waals surface area contributed by atoms with Gasteiger partial charge in [-0.2, -0.15) is 0 Å². The molecule has 1 nitrogen and oxygen atoms in total. The van der Waals surface area contributed by atoms with Crippen LogP contribution in [-0.4, -0.2) is 4.98 Å². The van der Waals surface area contributed by atoms with Gasteiger partial charge in [0.15, 0.2) is 0 Å². The molecule has 0 bridgehead atoms. The molecule has 41 valence electrons. The third-order valence-corrected chi connectivity index (χ3v) is 1.41. The van der Waals surface area contributed by atoms with Crippen LogP contribution in [0.4, 0.5) is 0 Å². The molecule has 0 aliphatic rings. The van der Waals surface area contributed by atoms with Gasteiger partial charge >= 0.3 is 0 Å². The van der Waals surface area contributed by atoms with Crippen molar-refractivity contribution in [1.29, 1.82) is 0 Å². The number of halogens is 1. The van der Waals surface area contributed by atoms with Gasteiger partial charge in [0.25, 0.3) is 0 Å². The highest BCUT2D eigenvalue weighted by Gasteiger charge is 1.84. The van der Waals surface area contributed by atoms with E-state index in [2.05, 4.69) is 33.8 Å². The Kier molecular flexibility index (Phi) is 1.83. The fourth-order valence-electron chi connectivity index (χ4n) is 0.469. The molecule has 1 aromatic rings. The molecule has 1 aromatic heterocycles. The predicted octanol–water partition coefficient (Wildman–Crippen LogP) is 1.79. The molecule has 2 heteroatoms. The maximum Gasteiger partial charge on any atom is 0.0900 e. The Labute approximate surface area is 62.3 Å². The van der Waals surface area contributed by atoms with Gasteiger partial charge in [0, 0.05) is 9.26 Å². The summed E-state index contributed by atoms with van der Waals surface area (Å²) in [5.41, 5.74) is 1.02. The van der Waals surface area contributed by atoms with Crippen molar-refractivity contribution in [2.45, 2.75) is 6.92 Å². The lowest BCUT2D eigenvalue weighted by Gasteiger charge is -1.87. The van der Waals surface area contributed by atoms with Crippen molar-refractivity contribution in [3.63, 3.8) is 0 Å². The van der Waals surface area contributed by atoms with Crippen molar-refractivity contribution in [1.82, 2.24) is 4.98 Å². The van der Waals surface area contributed by atoms with Gasteiger partial charge in [-0.05, 0) is 41.6 Å². The molecule has 0 spiro atoms. The van der Waals surface area contributed by atoms with E-state index in [0.717, 1.165) is 5.69 Å². The fourth-order valence-corrected chi connectivity index (χ4v) is 1.06. The first-order valence-electron chi connectivity index (χ1n) is 2.29. The molecule has 8 heavy (non-hydrogen) atoms. The first-order valence-corrected chi connectivity index (χ1v) is 3.37. The molecule has 0 unspecified atom stereocenters. The SMILES string of the molecule is Cc1cc(I)c[c]n1. The molecular formula is C6H5IN. The first kappa shape index (κ1) is 6.01. The summed E-state index contributed by atoms with van der Waals surface area (Å²) >= 11 is 2.23. The third kappa shape index (κ3) is 1.43. The summed E-state index contributed by atoms with van der Waals surface area (Å²) in [6, 6.07) is 3.87. The van der Waals surface area contributed by atoms with Crippen LogP contribution in [0.1, 0.15) is 5.69 Å². The zero-order chi connectivity index (χ0) is 5.98. The van der Waals surface area contributed by atoms with Crippen molar-refractivity contribution < 1.29 is 0 Å². The molecule has 0 aliphatic heterocycles. The van der Waals surface area contributed by atoms with Gasteiger partial charge in [0.05, 0.1) is 6.20 Å². The Balaban J connectivity index is 3.08. The van der Waals surface area contributed by atoms with Crippen LogP contribution >= 0.6 is 22.6 Å². The number of rotatable bonds is 0. The fraction of sp³-hybridized carbons (Fsp3) is 0.167. The highest BCUT2D eigenvalue weighted by molar-refractivity contribution is 14.1. The molecule has 0 fully saturated rings. The smallest absolute Gasteiger partial charge is 0.0900 e. The number of pyridine rings is 1. The second-order valence-electron chi connectivity index (χ2n) is 1.56. The summed E-state index contributed by atoms with van der Waals surface area (Å²) in [5.74, 6) is 0. The monoisotopic (exact) mass is 218 g/mol. The van der Waals surface area contributed by atoms with E-state index < -0.39 is 0 Å². The molecule has 1 rings (SSSR count). The number of hydrogen-bond donors (Lipinski definition) is 0. The van der Waals surface area contributed by atoms with Crippen molar-refractivity contribution >= 4 is 22.6 Å². The molecule has 0 atom stereocenters. The third-order valence-electron chi connectivity index (χ3n) is 0.790. The van der Waals surface area contributed by atoms with Gasteiger partial charge in [-0.3, -0.25) is 4.98 Å². The van der Waals surface area contributed by atoms with Crippen LogP contribution in [0.15, 0.2) is 12.1 Å². The van der Waals surface area contributed by atoms with Crippen molar-refractivity contribution in [2.24, 2.45) is 0 Å². The van der Waals surface area contributed by atoms with Gasteiger partial charge in [0.1, 0.15) is 0 Å². The molecule has 1 heterocycles. The van der Waals surface area contributed by atoms with E-state index in [1.165, 1.54) is 3.57 Å². The van der Waals surface area contributed by atoms with Crippen LogP contribution in [0.2, 0.25) is 0 Å². The quantitative estimate of drug-likeness (QED) is 0.605. The Morgan fingerprint density at radius 2 is 2.50 bits per heavy atom. The van der Waals surface area contributed by atoms with E-state index in [4.69, 9.17) is 0 Å². The van der Waals surface area contributed by atoms with Crippen LogP contribution in [-0.2, 0) is 0 Å². The van der Waals surface area contributed by atoms with Crippen molar-refractivity contribution in [3.8, 4) is 0 Å². The lowest BCUT2D eigenvalue weighted by atomic mass is 10.4. The minimum Gasteiger partial charge on any atom is -0.251 e. The van der Waals surface area contributed by atoms with E-state index >= 15 is 0 Å². The molecule has 0 aromatic carbocycles. The Bertz CT molecular complexity index is 168. The molecule has 0 saturated carbocycles. The number of aryl methyl sites for hydroxylation is 1. The molecule has 1 radical (unpaired) electrons. The summed E-state index contributed by atoms with van der Waals surface area (Å²) in [6.07, 6.45) is 2.77. The number of nitrogens with zero attached hydrogens (tertiary/aromatic N) is 1. The lowest BCUT2D eigenvalue weighted by molar-refractivity contribution is 1.18. The van der Waals surface area contributed by atoms with Gasteiger partial charge < -0.3 is 0 Å². The maximum absolute atomic E-state index is 3.91. The first-order chi connectivity index (χ1) is 3.79. The van der Waals surface area contributed by atoms with E-state index in [1.54, 1.807) is 0 Å². The standard InChI is InChI=1S/C6H5IN/c1-5-4-6(7)2-3-8-5/h2,4H,1H3. The van der Waals surface area contributed by atoms with Gasteiger partial charge in [-0.15, -0.1) is 0 Å². The van der Waals surface area contributed by atoms with Crippen LogP contribution in [0.25, 0.3) is 0 Å². The maximum atomic E-state index is 3.91. The average molecular weight is 218 g/mol. The van der Waals surface area contributed by atoms with Gasteiger partial charge in [-0.25, -0.2) is 0 Å². The molecule has 0 saturated heterocycles. The summed E-state index contributed by atoms with van der Waals surface area (Å²) in [4.78, 5) is 3.91. The van der Waals surface area contributed by atoms with Crippen LogP contribution in [0.3, 0.4) is 0 Å².